The van der Waals surface area contributed by atoms with Gasteiger partial charge in [0.05, 0.1) is 0 Å². The molecule has 0 fully saturated rings. The number of carbonyl (C=O) groups excluding carboxylic acids is 2. The topological polar surface area (TPSA) is 71.5 Å². The van der Waals surface area contributed by atoms with Crippen LogP contribution in [0.15, 0.2) is 66.9 Å². The van der Waals surface area contributed by atoms with Gasteiger partial charge in [-0.05, 0) is 44.0 Å². The molecule has 4 rings (SSSR count). The molecular formula is C25H25N3O3. The zero-order valence-corrected chi connectivity index (χ0v) is 17.7. The molecule has 0 spiro atoms. The Bertz CT molecular complexity index is 1100. The summed E-state index contributed by atoms with van der Waals surface area (Å²) in [6.07, 6.45) is 1.73. The Morgan fingerprint density at radius 1 is 1.10 bits per heavy atom. The van der Waals surface area contributed by atoms with Crippen molar-refractivity contribution in [2.45, 2.75) is 32.8 Å². The molecule has 0 unspecified atom stereocenters. The number of pyridine rings is 1. The second-order valence-electron chi connectivity index (χ2n) is 7.69. The first-order valence-electron chi connectivity index (χ1n) is 10.4. The van der Waals surface area contributed by atoms with Gasteiger partial charge in [0.25, 0.3) is 5.91 Å². The molecule has 0 bridgehead atoms. The fraction of sp³-hybridized carbons (Fsp3) is 0.240. The Kier molecular flexibility index (Phi) is 5.98. The van der Waals surface area contributed by atoms with Gasteiger partial charge in [-0.15, -0.1) is 0 Å². The first kappa shape index (κ1) is 20.6. The van der Waals surface area contributed by atoms with Crippen molar-refractivity contribution >= 4 is 23.3 Å². The summed E-state index contributed by atoms with van der Waals surface area (Å²) in [5, 5.41) is 2.96. The molecule has 6 heteroatoms. The van der Waals surface area contributed by atoms with Crippen LogP contribution in [0.5, 0.6) is 5.75 Å². The van der Waals surface area contributed by atoms with Gasteiger partial charge in [0, 0.05) is 30.4 Å². The van der Waals surface area contributed by atoms with Gasteiger partial charge in [-0.1, -0.05) is 48.0 Å². The third kappa shape index (κ3) is 4.58. The van der Waals surface area contributed by atoms with E-state index >= 15 is 0 Å². The molecule has 0 saturated heterocycles. The summed E-state index contributed by atoms with van der Waals surface area (Å²) in [4.78, 5) is 31.6. The van der Waals surface area contributed by atoms with Crippen LogP contribution in [0.3, 0.4) is 0 Å². The van der Waals surface area contributed by atoms with Gasteiger partial charge in [-0.3, -0.25) is 14.5 Å². The molecule has 0 radical (unpaired) electrons. The number of aryl methyl sites for hydroxylation is 2. The molecule has 3 aromatic rings. The predicted molar refractivity (Wildman–Crippen MR) is 120 cm³/mol. The predicted octanol–water partition coefficient (Wildman–Crippen LogP) is 4.58. The van der Waals surface area contributed by atoms with Crippen LogP contribution >= 0.6 is 0 Å². The van der Waals surface area contributed by atoms with Gasteiger partial charge in [0.2, 0.25) is 12.0 Å². The Labute approximate surface area is 181 Å². The Morgan fingerprint density at radius 2 is 1.90 bits per heavy atom. The van der Waals surface area contributed by atoms with E-state index in [2.05, 4.69) is 10.3 Å². The number of rotatable bonds is 6. The molecule has 1 atom stereocenters. The van der Waals surface area contributed by atoms with E-state index in [4.69, 9.17) is 4.74 Å². The second kappa shape index (κ2) is 9.00. The molecule has 158 valence electrons. The highest BCUT2D eigenvalue weighted by atomic mass is 16.5. The summed E-state index contributed by atoms with van der Waals surface area (Å²) >= 11 is 0. The lowest BCUT2D eigenvalue weighted by atomic mass is 10.1. The van der Waals surface area contributed by atoms with E-state index < -0.39 is 6.10 Å². The number of benzene rings is 2. The Balaban J connectivity index is 1.44. The molecule has 0 saturated carbocycles. The molecule has 1 N–H and O–H groups in total. The highest BCUT2D eigenvalue weighted by Crippen LogP contribution is 2.37. The number of hydrogen-bond acceptors (Lipinski definition) is 4. The number of nitrogens with zero attached hydrogens (tertiary/aromatic N) is 2. The van der Waals surface area contributed by atoms with Crippen LogP contribution in [-0.4, -0.2) is 23.3 Å². The van der Waals surface area contributed by atoms with Crippen LogP contribution in [0.25, 0.3) is 0 Å². The largest absolute Gasteiger partial charge is 0.472 e. The first-order chi connectivity index (χ1) is 15.0. The maximum Gasteiger partial charge on any atom is 0.274 e. The quantitative estimate of drug-likeness (QED) is 0.639. The number of aromatic nitrogens is 1. The smallest absolute Gasteiger partial charge is 0.274 e. The van der Waals surface area contributed by atoms with Crippen LogP contribution in [0.4, 0.5) is 11.5 Å². The van der Waals surface area contributed by atoms with Gasteiger partial charge >= 0.3 is 0 Å². The molecule has 31 heavy (non-hydrogen) atoms. The number of hydrogen-bond donors (Lipinski definition) is 1. The highest BCUT2D eigenvalue weighted by Gasteiger charge is 2.36. The van der Waals surface area contributed by atoms with Crippen molar-refractivity contribution in [3.63, 3.8) is 0 Å². The van der Waals surface area contributed by atoms with Crippen molar-refractivity contribution < 1.29 is 14.3 Å². The third-order valence-corrected chi connectivity index (χ3v) is 5.29. The molecule has 1 aromatic heterocycles. The molecule has 1 aliphatic heterocycles. The fourth-order valence-corrected chi connectivity index (χ4v) is 3.72. The van der Waals surface area contributed by atoms with E-state index in [9.17, 15) is 9.59 Å². The number of amides is 2. The summed E-state index contributed by atoms with van der Waals surface area (Å²) < 4.78 is 5.96. The van der Waals surface area contributed by atoms with E-state index in [0.29, 0.717) is 31.0 Å². The van der Waals surface area contributed by atoms with Crippen molar-refractivity contribution in [3.05, 3.63) is 83.6 Å². The average Bonchev–Trinajstić information content (AvgIpc) is 2.77. The maximum absolute atomic E-state index is 13.2. The standard InChI is InChI=1S/C25H25N3O3/c1-17-12-13-20(18(2)16-17)27-22(29)11-7-15-28-24-21(10-6-14-26-24)31-23(25(28)30)19-8-4-3-5-9-19/h3-6,8-10,12-14,16,23H,7,11,15H2,1-2H3,(H,27,29)/t23-/m0/s1. The van der Waals surface area contributed by atoms with Gasteiger partial charge < -0.3 is 10.1 Å². The van der Waals surface area contributed by atoms with Gasteiger partial charge in [0.15, 0.2) is 11.6 Å². The number of nitrogens with one attached hydrogen (secondary N) is 1. The minimum atomic E-state index is -0.720. The third-order valence-electron chi connectivity index (χ3n) is 5.29. The summed E-state index contributed by atoms with van der Waals surface area (Å²) in [6, 6.07) is 18.9. The molecule has 0 aliphatic carbocycles. The zero-order valence-electron chi connectivity index (χ0n) is 17.7. The van der Waals surface area contributed by atoms with E-state index in [1.807, 2.05) is 68.4 Å². The second-order valence-corrected chi connectivity index (χ2v) is 7.69. The van der Waals surface area contributed by atoms with Crippen LogP contribution in [0.1, 0.15) is 35.6 Å². The molecule has 6 nitrogen and oxygen atoms in total. The lowest BCUT2D eigenvalue weighted by Crippen LogP contribution is -2.42. The monoisotopic (exact) mass is 415 g/mol. The van der Waals surface area contributed by atoms with Crippen molar-refractivity contribution in [2.75, 3.05) is 16.8 Å². The van der Waals surface area contributed by atoms with Gasteiger partial charge in [-0.2, -0.15) is 0 Å². The SMILES string of the molecule is Cc1ccc(NC(=O)CCCN2C(=O)[C@H](c3ccccc3)Oc3cccnc32)c(C)c1. The van der Waals surface area contributed by atoms with E-state index in [1.54, 1.807) is 17.2 Å². The van der Waals surface area contributed by atoms with E-state index in [-0.39, 0.29) is 11.8 Å². The minimum absolute atomic E-state index is 0.0754. The first-order valence-corrected chi connectivity index (χ1v) is 10.4. The Hall–Kier alpha value is -3.67. The molecule has 2 amide bonds. The molecule has 1 aliphatic rings. The summed E-state index contributed by atoms with van der Waals surface area (Å²) in [6.45, 7) is 4.38. The summed E-state index contributed by atoms with van der Waals surface area (Å²) in [5.41, 5.74) is 3.79. The number of anilines is 2. The Morgan fingerprint density at radius 3 is 2.68 bits per heavy atom. The van der Waals surface area contributed by atoms with E-state index in [1.165, 1.54) is 0 Å². The number of ether oxygens (including phenoxy) is 1. The lowest BCUT2D eigenvalue weighted by molar-refractivity contribution is -0.127. The molecular weight excluding hydrogens is 390 g/mol. The van der Waals surface area contributed by atoms with Gasteiger partial charge in [-0.25, -0.2) is 4.98 Å². The number of carbonyl (C=O) groups is 2. The minimum Gasteiger partial charge on any atom is -0.472 e. The molecule has 2 heterocycles. The van der Waals surface area contributed by atoms with Crippen molar-refractivity contribution in [1.29, 1.82) is 0 Å². The fourth-order valence-electron chi connectivity index (χ4n) is 3.72. The molecule has 2 aromatic carbocycles. The number of fused-ring (bicyclic) bond motifs is 1. The van der Waals surface area contributed by atoms with Crippen LogP contribution in [0, 0.1) is 13.8 Å². The normalized spacial score (nSPS) is 15.2. The summed E-state index contributed by atoms with van der Waals surface area (Å²) in [5.74, 6) is 0.811. The highest BCUT2D eigenvalue weighted by molar-refractivity contribution is 5.99. The summed E-state index contributed by atoms with van der Waals surface area (Å²) in [7, 11) is 0. The van der Waals surface area contributed by atoms with Crippen molar-refractivity contribution in [3.8, 4) is 5.75 Å². The van der Waals surface area contributed by atoms with Crippen LogP contribution in [0.2, 0.25) is 0 Å². The van der Waals surface area contributed by atoms with E-state index in [0.717, 1.165) is 22.4 Å². The zero-order chi connectivity index (χ0) is 21.8. The van der Waals surface area contributed by atoms with Crippen LogP contribution < -0.4 is 15.0 Å². The van der Waals surface area contributed by atoms with Crippen molar-refractivity contribution in [1.82, 2.24) is 4.98 Å². The average molecular weight is 415 g/mol. The van der Waals surface area contributed by atoms with Crippen molar-refractivity contribution in [2.24, 2.45) is 0 Å². The maximum atomic E-state index is 13.2. The van der Waals surface area contributed by atoms with Gasteiger partial charge in [0.1, 0.15) is 0 Å². The van der Waals surface area contributed by atoms with Crippen LogP contribution in [-0.2, 0) is 9.59 Å². The lowest BCUT2D eigenvalue weighted by Gasteiger charge is -2.33.